The van der Waals surface area contributed by atoms with Gasteiger partial charge in [-0.05, 0) is 45.1 Å². The van der Waals surface area contributed by atoms with Crippen LogP contribution in [0, 0.1) is 0 Å². The zero-order chi connectivity index (χ0) is 13.1. The molecule has 0 aliphatic carbocycles. The van der Waals surface area contributed by atoms with Crippen molar-refractivity contribution in [3.05, 3.63) is 35.9 Å². The molecule has 0 aliphatic heterocycles. The molecule has 18 heavy (non-hydrogen) atoms. The van der Waals surface area contributed by atoms with Gasteiger partial charge in [-0.2, -0.15) is 0 Å². The second kappa shape index (κ2) is 10.1. The molecule has 0 saturated heterocycles. The Morgan fingerprint density at radius 3 is 2.44 bits per heavy atom. The molecular formula is C16H28N2. The van der Waals surface area contributed by atoms with Crippen LogP contribution in [0.5, 0.6) is 0 Å². The highest BCUT2D eigenvalue weighted by atomic mass is 15.1. The van der Waals surface area contributed by atoms with Crippen LogP contribution in [0.2, 0.25) is 0 Å². The summed E-state index contributed by atoms with van der Waals surface area (Å²) in [5.74, 6) is 0. The summed E-state index contributed by atoms with van der Waals surface area (Å²) in [5.41, 5.74) is 1.41. The average molecular weight is 248 g/mol. The van der Waals surface area contributed by atoms with Crippen molar-refractivity contribution < 1.29 is 0 Å². The Morgan fingerprint density at radius 1 is 1.00 bits per heavy atom. The zero-order valence-electron chi connectivity index (χ0n) is 12.0. The molecule has 0 spiro atoms. The molecule has 1 aromatic carbocycles. The molecule has 1 rings (SSSR count). The first-order chi connectivity index (χ1) is 8.83. The molecule has 0 bridgehead atoms. The Morgan fingerprint density at radius 2 is 1.72 bits per heavy atom. The third-order valence-electron chi connectivity index (χ3n) is 3.19. The Labute approximate surface area is 112 Å². The molecule has 1 aromatic rings. The summed E-state index contributed by atoms with van der Waals surface area (Å²) < 4.78 is 0. The minimum Gasteiger partial charge on any atom is -0.317 e. The minimum absolute atomic E-state index is 1.07. The molecule has 0 radical (unpaired) electrons. The second-order valence-corrected chi connectivity index (χ2v) is 4.99. The summed E-state index contributed by atoms with van der Waals surface area (Å²) in [6.07, 6.45) is 5.34. The maximum absolute atomic E-state index is 3.37. The predicted molar refractivity (Wildman–Crippen MR) is 79.8 cm³/mol. The standard InChI is InChI=1S/C16H28N2/c1-3-17-13-9-4-5-10-14-18(2)15-16-11-7-6-8-12-16/h6-8,11-12,17H,3-5,9-10,13-15H2,1-2H3. The normalized spacial score (nSPS) is 11.1. The van der Waals surface area contributed by atoms with Crippen LogP contribution in [-0.2, 0) is 6.54 Å². The van der Waals surface area contributed by atoms with E-state index in [2.05, 4.69) is 54.5 Å². The summed E-state index contributed by atoms with van der Waals surface area (Å²) in [6.45, 7) is 6.71. The maximum Gasteiger partial charge on any atom is 0.0230 e. The number of nitrogens with zero attached hydrogens (tertiary/aromatic N) is 1. The smallest absolute Gasteiger partial charge is 0.0230 e. The molecule has 102 valence electrons. The van der Waals surface area contributed by atoms with Crippen molar-refractivity contribution in [1.82, 2.24) is 10.2 Å². The van der Waals surface area contributed by atoms with Crippen LogP contribution in [0.15, 0.2) is 30.3 Å². The Balaban J connectivity index is 1.99. The summed E-state index contributed by atoms with van der Waals surface area (Å²) >= 11 is 0. The van der Waals surface area contributed by atoms with E-state index in [-0.39, 0.29) is 0 Å². The van der Waals surface area contributed by atoms with Crippen LogP contribution >= 0.6 is 0 Å². The van der Waals surface area contributed by atoms with E-state index < -0.39 is 0 Å². The van der Waals surface area contributed by atoms with Crippen LogP contribution in [0.4, 0.5) is 0 Å². The second-order valence-electron chi connectivity index (χ2n) is 4.99. The molecule has 0 saturated carbocycles. The molecule has 0 unspecified atom stereocenters. The molecule has 0 heterocycles. The van der Waals surface area contributed by atoms with Crippen LogP contribution in [-0.4, -0.2) is 31.6 Å². The Bertz CT molecular complexity index is 284. The number of rotatable bonds is 10. The van der Waals surface area contributed by atoms with Crippen molar-refractivity contribution >= 4 is 0 Å². The molecule has 0 aromatic heterocycles. The van der Waals surface area contributed by atoms with Gasteiger partial charge in [0.25, 0.3) is 0 Å². The van der Waals surface area contributed by atoms with Gasteiger partial charge < -0.3 is 10.2 Å². The largest absolute Gasteiger partial charge is 0.317 e. The van der Waals surface area contributed by atoms with E-state index in [1.54, 1.807) is 0 Å². The third kappa shape index (κ3) is 7.46. The van der Waals surface area contributed by atoms with Gasteiger partial charge in [0.2, 0.25) is 0 Å². The third-order valence-corrected chi connectivity index (χ3v) is 3.19. The fourth-order valence-electron chi connectivity index (χ4n) is 2.14. The topological polar surface area (TPSA) is 15.3 Å². The molecule has 0 amide bonds. The molecule has 0 fully saturated rings. The van der Waals surface area contributed by atoms with Gasteiger partial charge in [0.15, 0.2) is 0 Å². The molecule has 2 nitrogen and oxygen atoms in total. The van der Waals surface area contributed by atoms with E-state index in [9.17, 15) is 0 Å². The van der Waals surface area contributed by atoms with E-state index in [1.165, 1.54) is 44.3 Å². The number of benzene rings is 1. The van der Waals surface area contributed by atoms with Crippen molar-refractivity contribution in [3.8, 4) is 0 Å². The fourth-order valence-corrected chi connectivity index (χ4v) is 2.14. The summed E-state index contributed by atoms with van der Waals surface area (Å²) in [6, 6.07) is 10.7. The summed E-state index contributed by atoms with van der Waals surface area (Å²) in [7, 11) is 2.21. The van der Waals surface area contributed by atoms with Gasteiger partial charge in [-0.15, -0.1) is 0 Å². The summed E-state index contributed by atoms with van der Waals surface area (Å²) in [5, 5.41) is 3.37. The van der Waals surface area contributed by atoms with Crippen molar-refractivity contribution in [2.75, 3.05) is 26.7 Å². The van der Waals surface area contributed by atoms with E-state index in [0.717, 1.165) is 13.1 Å². The average Bonchev–Trinajstić information content (AvgIpc) is 2.39. The molecular weight excluding hydrogens is 220 g/mol. The minimum atomic E-state index is 1.07. The lowest BCUT2D eigenvalue weighted by molar-refractivity contribution is 0.316. The first-order valence-corrected chi connectivity index (χ1v) is 7.26. The Hall–Kier alpha value is -0.860. The van der Waals surface area contributed by atoms with Crippen LogP contribution in [0.25, 0.3) is 0 Å². The van der Waals surface area contributed by atoms with Gasteiger partial charge in [-0.3, -0.25) is 0 Å². The molecule has 2 heteroatoms. The molecule has 0 atom stereocenters. The van der Waals surface area contributed by atoms with Crippen LogP contribution in [0.3, 0.4) is 0 Å². The highest BCUT2D eigenvalue weighted by Crippen LogP contribution is 2.05. The van der Waals surface area contributed by atoms with E-state index in [0.29, 0.717) is 0 Å². The van der Waals surface area contributed by atoms with Gasteiger partial charge >= 0.3 is 0 Å². The fraction of sp³-hybridized carbons (Fsp3) is 0.625. The SMILES string of the molecule is CCNCCCCCCN(C)Cc1ccccc1. The van der Waals surface area contributed by atoms with Gasteiger partial charge in [0.1, 0.15) is 0 Å². The quantitative estimate of drug-likeness (QED) is 0.639. The first kappa shape index (κ1) is 15.2. The highest BCUT2D eigenvalue weighted by molar-refractivity contribution is 5.14. The lowest BCUT2D eigenvalue weighted by Gasteiger charge is -2.16. The maximum atomic E-state index is 3.37. The monoisotopic (exact) mass is 248 g/mol. The van der Waals surface area contributed by atoms with Gasteiger partial charge in [0.05, 0.1) is 0 Å². The van der Waals surface area contributed by atoms with Crippen molar-refractivity contribution in [3.63, 3.8) is 0 Å². The lowest BCUT2D eigenvalue weighted by Crippen LogP contribution is -2.19. The van der Waals surface area contributed by atoms with E-state index in [4.69, 9.17) is 0 Å². The number of hydrogen-bond acceptors (Lipinski definition) is 2. The lowest BCUT2D eigenvalue weighted by atomic mass is 10.1. The van der Waals surface area contributed by atoms with Gasteiger partial charge in [0, 0.05) is 6.54 Å². The zero-order valence-corrected chi connectivity index (χ0v) is 12.0. The predicted octanol–water partition coefficient (Wildman–Crippen LogP) is 3.29. The summed E-state index contributed by atoms with van der Waals surface area (Å²) in [4.78, 5) is 2.42. The number of hydrogen-bond donors (Lipinski definition) is 1. The van der Waals surface area contributed by atoms with Crippen molar-refractivity contribution in [1.29, 1.82) is 0 Å². The van der Waals surface area contributed by atoms with E-state index >= 15 is 0 Å². The highest BCUT2D eigenvalue weighted by Gasteiger charge is 1.99. The van der Waals surface area contributed by atoms with Crippen molar-refractivity contribution in [2.45, 2.75) is 39.2 Å². The Kier molecular flexibility index (Phi) is 8.53. The van der Waals surface area contributed by atoms with Crippen molar-refractivity contribution in [2.24, 2.45) is 0 Å². The van der Waals surface area contributed by atoms with Crippen LogP contribution in [0.1, 0.15) is 38.2 Å². The van der Waals surface area contributed by atoms with E-state index in [1.807, 2.05) is 0 Å². The van der Waals surface area contributed by atoms with Gasteiger partial charge in [-0.25, -0.2) is 0 Å². The van der Waals surface area contributed by atoms with Gasteiger partial charge in [-0.1, -0.05) is 50.1 Å². The molecule has 0 aliphatic rings. The number of nitrogens with one attached hydrogen (secondary N) is 1. The number of unbranched alkanes of at least 4 members (excludes halogenated alkanes) is 3. The molecule has 1 N–H and O–H groups in total. The van der Waals surface area contributed by atoms with Crippen LogP contribution < -0.4 is 5.32 Å². The first-order valence-electron chi connectivity index (χ1n) is 7.26.